The van der Waals surface area contributed by atoms with Crippen LogP contribution in [-0.2, 0) is 9.59 Å². The number of ether oxygens (including phenoxy) is 1. The summed E-state index contributed by atoms with van der Waals surface area (Å²) < 4.78 is 5.09. The van der Waals surface area contributed by atoms with Gasteiger partial charge in [0.25, 0.3) is 0 Å². The van der Waals surface area contributed by atoms with Crippen molar-refractivity contribution in [2.45, 2.75) is 33.6 Å². The third kappa shape index (κ3) is 4.12. The molecular weight excluding hydrogens is 324 g/mol. The highest BCUT2D eigenvalue weighted by Crippen LogP contribution is 2.53. The molecule has 2 N–H and O–H groups in total. The monoisotopic (exact) mass is 348 g/mol. The van der Waals surface area contributed by atoms with Gasteiger partial charge in [-0.3, -0.25) is 9.59 Å². The highest BCUT2D eigenvalue weighted by Gasteiger charge is 2.50. The summed E-state index contributed by atoms with van der Waals surface area (Å²) in [5.74, 6) is 1.09. The van der Waals surface area contributed by atoms with Crippen LogP contribution in [0.5, 0.6) is 5.75 Å². The van der Waals surface area contributed by atoms with E-state index >= 15 is 0 Å². The molecule has 2 atom stereocenters. The van der Waals surface area contributed by atoms with E-state index in [4.69, 9.17) is 17.0 Å². The molecule has 1 aromatic rings. The minimum Gasteiger partial charge on any atom is -0.497 e. The van der Waals surface area contributed by atoms with Crippen LogP contribution in [0.1, 0.15) is 33.6 Å². The molecule has 1 aliphatic carbocycles. The maximum absolute atomic E-state index is 12.2. The summed E-state index contributed by atoms with van der Waals surface area (Å²) in [6.45, 7) is 5.72. The minimum absolute atomic E-state index is 0.0553. The molecule has 0 heterocycles. The minimum atomic E-state index is -0.131. The number of thiocarbonyl (C=S) groups is 1. The zero-order chi connectivity index (χ0) is 17.9. The first-order valence-electron chi connectivity index (χ1n) is 7.99. The van der Waals surface area contributed by atoms with E-state index in [1.165, 1.54) is 0 Å². The first-order valence-corrected chi connectivity index (χ1v) is 8.40. The molecule has 0 aliphatic heterocycles. The first kappa shape index (κ1) is 18.4. The first-order chi connectivity index (χ1) is 11.2. The van der Waals surface area contributed by atoms with Gasteiger partial charge in [0, 0.05) is 18.0 Å². The molecule has 0 saturated heterocycles. The van der Waals surface area contributed by atoms with Crippen LogP contribution in [-0.4, -0.2) is 23.9 Å². The summed E-state index contributed by atoms with van der Waals surface area (Å²) in [6.07, 6.45) is 1.15. The molecule has 130 valence electrons. The predicted octanol–water partition coefficient (Wildman–Crippen LogP) is 3.15. The lowest BCUT2D eigenvalue weighted by molar-refractivity contribution is -0.140. The molecule has 0 bridgehead atoms. The fraction of sp³-hybridized carbons (Fsp3) is 0.500. The number of hydrogen-bond acceptors (Lipinski definition) is 4. The maximum Gasteiger partial charge on any atom is 0.226 e. The van der Waals surface area contributed by atoms with E-state index in [2.05, 4.69) is 24.5 Å². The normalized spacial score (nSPS) is 21.3. The van der Waals surface area contributed by atoms with Gasteiger partial charge in [-0.2, -0.15) is 0 Å². The van der Waals surface area contributed by atoms with Gasteiger partial charge in [0.2, 0.25) is 5.91 Å². The molecule has 2 rings (SSSR count). The van der Waals surface area contributed by atoms with Crippen molar-refractivity contribution in [3.63, 3.8) is 0 Å². The summed E-state index contributed by atoms with van der Waals surface area (Å²) >= 11 is 5.17. The number of carbonyl (C=O) groups excluding carboxylic acids is 2. The summed E-state index contributed by atoms with van der Waals surface area (Å²) in [5.41, 5.74) is 0.649. The third-order valence-electron chi connectivity index (χ3n) is 4.99. The van der Waals surface area contributed by atoms with Gasteiger partial charge in [0.1, 0.15) is 11.5 Å². The van der Waals surface area contributed by atoms with Crippen molar-refractivity contribution in [1.82, 2.24) is 5.32 Å². The van der Waals surface area contributed by atoms with Crippen molar-refractivity contribution in [2.75, 3.05) is 12.4 Å². The highest BCUT2D eigenvalue weighted by molar-refractivity contribution is 7.80. The molecule has 6 heteroatoms. The van der Waals surface area contributed by atoms with Crippen molar-refractivity contribution in [3.8, 4) is 5.75 Å². The van der Waals surface area contributed by atoms with E-state index in [1.807, 2.05) is 24.3 Å². The number of amides is 1. The Morgan fingerprint density at radius 1 is 1.29 bits per heavy atom. The van der Waals surface area contributed by atoms with Crippen molar-refractivity contribution in [2.24, 2.45) is 17.3 Å². The number of hydrogen-bond donors (Lipinski definition) is 2. The highest BCUT2D eigenvalue weighted by atomic mass is 32.1. The predicted molar refractivity (Wildman–Crippen MR) is 98.0 cm³/mol. The van der Waals surface area contributed by atoms with Gasteiger partial charge >= 0.3 is 0 Å². The van der Waals surface area contributed by atoms with Crippen molar-refractivity contribution in [3.05, 3.63) is 24.3 Å². The van der Waals surface area contributed by atoms with Crippen LogP contribution in [0, 0.1) is 17.3 Å². The van der Waals surface area contributed by atoms with Gasteiger partial charge in [-0.25, -0.2) is 0 Å². The topological polar surface area (TPSA) is 67.4 Å². The molecular formula is C18H24N2O3S. The fourth-order valence-electron chi connectivity index (χ4n) is 3.29. The van der Waals surface area contributed by atoms with Crippen LogP contribution in [0.15, 0.2) is 24.3 Å². The summed E-state index contributed by atoms with van der Waals surface area (Å²) in [5, 5.41) is 5.94. The number of carbonyl (C=O) groups is 2. The lowest BCUT2D eigenvalue weighted by Gasteiger charge is -2.51. The van der Waals surface area contributed by atoms with Gasteiger partial charge in [-0.05, 0) is 61.2 Å². The maximum atomic E-state index is 12.2. The second kappa shape index (κ2) is 7.30. The van der Waals surface area contributed by atoms with E-state index in [-0.39, 0.29) is 34.1 Å². The Morgan fingerprint density at radius 3 is 2.42 bits per heavy atom. The number of anilines is 1. The average Bonchev–Trinajstić information content (AvgIpc) is 2.51. The molecule has 0 aromatic heterocycles. The molecule has 5 nitrogen and oxygen atoms in total. The zero-order valence-corrected chi connectivity index (χ0v) is 15.3. The quantitative estimate of drug-likeness (QED) is 0.800. The van der Waals surface area contributed by atoms with E-state index < -0.39 is 0 Å². The molecule has 1 fully saturated rings. The van der Waals surface area contributed by atoms with Crippen LogP contribution >= 0.6 is 12.2 Å². The fourth-order valence-corrected chi connectivity index (χ4v) is 3.52. The lowest BCUT2D eigenvalue weighted by Crippen LogP contribution is -2.50. The second-order valence-corrected chi connectivity index (χ2v) is 7.26. The van der Waals surface area contributed by atoms with Crippen LogP contribution in [0.4, 0.5) is 5.69 Å². The molecule has 1 saturated carbocycles. The molecule has 1 amide bonds. The largest absolute Gasteiger partial charge is 0.497 e. The average molecular weight is 348 g/mol. The number of Topliss-reactive ketones (excluding diaryl/α,β-unsaturated/α-hetero) is 1. The lowest BCUT2D eigenvalue weighted by atomic mass is 9.52. The number of nitrogens with one attached hydrogen (secondary N) is 2. The SMILES string of the molecule is COc1ccc(NC(=S)NC(=O)CC2CC(C(C)=O)C2(C)C)cc1. The summed E-state index contributed by atoms with van der Waals surface area (Å²) in [6, 6.07) is 7.27. The van der Waals surface area contributed by atoms with E-state index in [1.54, 1.807) is 14.0 Å². The van der Waals surface area contributed by atoms with Gasteiger partial charge in [-0.1, -0.05) is 13.8 Å². The Labute approximate surface area is 148 Å². The molecule has 1 aromatic carbocycles. The Kier molecular flexibility index (Phi) is 5.59. The number of ketones is 1. The van der Waals surface area contributed by atoms with Crippen molar-refractivity contribution >= 4 is 34.7 Å². The van der Waals surface area contributed by atoms with Crippen molar-refractivity contribution < 1.29 is 14.3 Å². The van der Waals surface area contributed by atoms with Gasteiger partial charge in [-0.15, -0.1) is 0 Å². The Balaban J connectivity index is 1.82. The Morgan fingerprint density at radius 2 is 1.92 bits per heavy atom. The van der Waals surface area contributed by atoms with E-state index in [0.29, 0.717) is 6.42 Å². The van der Waals surface area contributed by atoms with Crippen LogP contribution in [0.25, 0.3) is 0 Å². The number of benzene rings is 1. The number of rotatable bonds is 5. The van der Waals surface area contributed by atoms with Crippen LogP contribution in [0.3, 0.4) is 0 Å². The van der Waals surface area contributed by atoms with Gasteiger partial charge in [0.05, 0.1) is 7.11 Å². The molecule has 2 unspecified atom stereocenters. The standard InChI is InChI=1S/C18H24N2O3S/c1-11(21)15-9-12(18(15,2)3)10-16(22)20-17(24)19-13-5-7-14(23-4)8-6-13/h5-8,12,15H,9-10H2,1-4H3,(H2,19,20,22,24). The van der Waals surface area contributed by atoms with E-state index in [0.717, 1.165) is 17.9 Å². The molecule has 1 aliphatic rings. The smallest absolute Gasteiger partial charge is 0.226 e. The third-order valence-corrected chi connectivity index (χ3v) is 5.20. The summed E-state index contributed by atoms with van der Waals surface area (Å²) in [4.78, 5) is 23.7. The van der Waals surface area contributed by atoms with Crippen LogP contribution < -0.4 is 15.4 Å². The van der Waals surface area contributed by atoms with Crippen molar-refractivity contribution in [1.29, 1.82) is 0 Å². The zero-order valence-electron chi connectivity index (χ0n) is 14.5. The molecule has 24 heavy (non-hydrogen) atoms. The van der Waals surface area contributed by atoms with Gasteiger partial charge in [0.15, 0.2) is 5.11 Å². The van der Waals surface area contributed by atoms with Crippen LogP contribution in [0.2, 0.25) is 0 Å². The van der Waals surface area contributed by atoms with E-state index in [9.17, 15) is 9.59 Å². The second-order valence-electron chi connectivity index (χ2n) is 6.85. The molecule has 0 spiro atoms. The van der Waals surface area contributed by atoms with Gasteiger partial charge < -0.3 is 15.4 Å². The Hall–Kier alpha value is -1.95. The summed E-state index contributed by atoms with van der Waals surface area (Å²) in [7, 11) is 1.60. The number of methoxy groups -OCH3 is 1. The molecule has 0 radical (unpaired) electrons. The Bertz CT molecular complexity index is 640.